The number of nitrogens with zero attached hydrogens (tertiary/aromatic N) is 8. The van der Waals surface area contributed by atoms with Gasteiger partial charge in [0.2, 0.25) is 70.9 Å². The average Bonchev–Trinajstić information content (AvgIpc) is 0.847. The molecule has 2 aliphatic heterocycles. The van der Waals surface area contributed by atoms with Crippen molar-refractivity contribution in [2.75, 3.05) is 69.0 Å². The second-order valence-electron chi connectivity index (χ2n) is 27.5. The molecule has 5 N–H and O–H groups in total. The summed E-state index contributed by atoms with van der Waals surface area (Å²) in [5, 5.41) is 22.3. The molecule has 0 aromatic heterocycles. The lowest BCUT2D eigenvalue weighted by Crippen LogP contribution is -2.62. The molecule has 2 heterocycles. The first-order valence-corrected chi connectivity index (χ1v) is 33.6. The van der Waals surface area contributed by atoms with Gasteiger partial charge in [0.25, 0.3) is 0 Å². The van der Waals surface area contributed by atoms with Gasteiger partial charge in [0.05, 0.1) is 19.1 Å². The topological polar surface area (TPSA) is 299 Å². The number of carbonyl (C=O) groups excluding carboxylic acids is 12. The number of benzene rings is 2. The van der Waals surface area contributed by atoms with E-state index in [0.717, 1.165) is 21.1 Å². The number of likely N-dealkylation sites (tertiary alicyclic amines) is 1. The zero-order chi connectivity index (χ0) is 71.5. The van der Waals surface area contributed by atoms with Crippen LogP contribution in [0.25, 0.3) is 0 Å². The van der Waals surface area contributed by atoms with Gasteiger partial charge in [0.1, 0.15) is 60.4 Å². The van der Waals surface area contributed by atoms with E-state index >= 15 is 14.4 Å². The van der Waals surface area contributed by atoms with Gasteiger partial charge in [0, 0.05) is 75.3 Å². The first-order valence-electron chi connectivity index (χ1n) is 33.6. The maximum Gasteiger partial charge on any atom is 0.248 e. The van der Waals surface area contributed by atoms with Crippen LogP contribution in [0.4, 0.5) is 0 Å². The summed E-state index contributed by atoms with van der Waals surface area (Å²) >= 11 is 0. The van der Waals surface area contributed by atoms with Gasteiger partial charge in [0.15, 0.2) is 0 Å². The molecule has 4 rings (SSSR count). The molecule has 2 aliphatic rings. The molecule has 12 amide bonds. The highest BCUT2D eigenvalue weighted by Gasteiger charge is 2.44. The molecule has 0 unspecified atom stereocenters. The fraction of sp³-hybridized carbons (Fsp3) is 0.657. The summed E-state index contributed by atoms with van der Waals surface area (Å²) in [6.45, 7) is 18.9. The molecular weight excluding hydrogens is 1220 g/mol. The highest BCUT2D eigenvalue weighted by molar-refractivity contribution is 6.00. The first kappa shape index (κ1) is 79.5. The number of carbonyl (C=O) groups is 12. The third-order valence-electron chi connectivity index (χ3n) is 18.5. The lowest BCUT2D eigenvalue weighted by molar-refractivity contribution is -0.151. The van der Waals surface area contributed by atoms with Crippen molar-refractivity contribution in [3.8, 4) is 0 Å². The van der Waals surface area contributed by atoms with Gasteiger partial charge in [-0.15, -0.1) is 0 Å². The van der Waals surface area contributed by atoms with E-state index in [4.69, 9.17) is 0 Å². The molecule has 2 aromatic carbocycles. The summed E-state index contributed by atoms with van der Waals surface area (Å²) in [5.41, 5.74) is 1.32. The average molecular weight is 1330 g/mol. The van der Waals surface area contributed by atoms with Crippen LogP contribution in [-0.2, 0) is 70.4 Å². The van der Waals surface area contributed by atoms with E-state index in [1.54, 1.807) is 79.4 Å². The fourth-order valence-corrected chi connectivity index (χ4v) is 12.2. The van der Waals surface area contributed by atoms with E-state index < -0.39 is 156 Å². The Kier molecular flexibility index (Phi) is 30.8. The summed E-state index contributed by atoms with van der Waals surface area (Å²) in [5.74, 6) is -9.70. The van der Waals surface area contributed by atoms with Gasteiger partial charge >= 0.3 is 0 Å². The number of piperidine rings is 1. The minimum atomic E-state index is -1.66. The molecule has 25 nitrogen and oxygen atoms in total. The summed E-state index contributed by atoms with van der Waals surface area (Å²) in [6, 6.07) is 4.56. The van der Waals surface area contributed by atoms with Crippen LogP contribution in [0.5, 0.6) is 0 Å². The van der Waals surface area contributed by atoms with Crippen LogP contribution in [0.1, 0.15) is 139 Å². The summed E-state index contributed by atoms with van der Waals surface area (Å²) < 4.78 is 0. The Bertz CT molecular complexity index is 2960. The number of hydrogen-bond acceptors (Lipinski definition) is 13. The normalized spacial score (nSPS) is 26.0. The van der Waals surface area contributed by atoms with Crippen LogP contribution in [-0.4, -0.2) is 251 Å². The van der Waals surface area contributed by atoms with Crippen molar-refractivity contribution in [2.45, 2.75) is 207 Å². The monoisotopic (exact) mass is 1330 g/mol. The molecule has 528 valence electrons. The quantitative estimate of drug-likeness (QED) is 0.182. The van der Waals surface area contributed by atoms with Crippen molar-refractivity contribution in [3.63, 3.8) is 0 Å². The summed E-state index contributed by atoms with van der Waals surface area (Å²) in [6.07, 6.45) is 0.671. The zero-order valence-corrected chi connectivity index (χ0v) is 59.6. The number of rotatable bonds is 14. The molecule has 0 aliphatic carbocycles. The molecule has 12 atom stereocenters. The minimum absolute atomic E-state index is 0.0295. The third-order valence-corrected chi connectivity index (χ3v) is 18.5. The second-order valence-corrected chi connectivity index (χ2v) is 27.5. The lowest BCUT2D eigenvalue weighted by Gasteiger charge is -2.38. The number of amides is 12. The molecule has 0 bridgehead atoms. The Morgan fingerprint density at radius 2 is 0.979 bits per heavy atom. The highest BCUT2D eigenvalue weighted by atomic mass is 16.3. The van der Waals surface area contributed by atoms with Crippen molar-refractivity contribution >= 4 is 70.9 Å². The van der Waals surface area contributed by atoms with E-state index in [9.17, 15) is 48.3 Å². The standard InChI is InChI=1S/C70H110N12O13/c1-19-45(8)60-64(89)74-59(48(11)83)70(95)75(12)41-58(85)77(14)53(36-43(4)5)63(88)73-52(67(92)82-33-27-22-28-34-82)40-57(84)76(13)47(10)61(86)72-51(35-42(2)3)66(91)80(17)55(37-44(6)7)68(93)78(15)54(38-49-29-23-20-24-30-49)62(87)71-46(9)65(90)79(16)56(69(94)81(60)18)39-50-31-25-21-26-32-50/h20-21,23-26,29-32,42-48,51-56,59-60,83H,19,22,27-28,33-41H2,1-18H3,(H,71,87)(H,72,86)(H,73,88)(H,74,89)/t45-,46-,47-,48+,51-,52-,53-,54-,55-,56-,59-,60-/m0/s1. The van der Waals surface area contributed by atoms with Crippen LogP contribution in [0.15, 0.2) is 60.7 Å². The van der Waals surface area contributed by atoms with Crippen molar-refractivity contribution in [2.24, 2.45) is 23.7 Å². The molecule has 2 aromatic rings. The highest BCUT2D eigenvalue weighted by Crippen LogP contribution is 2.24. The molecule has 2 saturated heterocycles. The molecule has 0 spiro atoms. The Morgan fingerprint density at radius 1 is 0.495 bits per heavy atom. The van der Waals surface area contributed by atoms with Crippen molar-refractivity contribution in [1.82, 2.24) is 60.5 Å². The van der Waals surface area contributed by atoms with Gasteiger partial charge in [-0.1, -0.05) is 122 Å². The number of hydrogen-bond donors (Lipinski definition) is 5. The van der Waals surface area contributed by atoms with Crippen LogP contribution < -0.4 is 21.3 Å². The minimum Gasteiger partial charge on any atom is -0.391 e. The molecule has 0 radical (unpaired) electrons. The van der Waals surface area contributed by atoms with E-state index in [-0.39, 0.29) is 49.9 Å². The molecular formula is C70H110N12O13. The number of likely N-dealkylation sites (N-methyl/N-ethyl adjacent to an activating group) is 7. The smallest absolute Gasteiger partial charge is 0.248 e. The third kappa shape index (κ3) is 22.0. The second kappa shape index (κ2) is 36.8. The van der Waals surface area contributed by atoms with E-state index in [2.05, 4.69) is 21.3 Å². The van der Waals surface area contributed by atoms with Crippen molar-refractivity contribution in [1.29, 1.82) is 0 Å². The lowest BCUT2D eigenvalue weighted by atomic mass is 9.94. The van der Waals surface area contributed by atoms with Crippen LogP contribution >= 0.6 is 0 Å². The number of aliphatic hydroxyl groups is 1. The van der Waals surface area contributed by atoms with Crippen LogP contribution in [0.3, 0.4) is 0 Å². The summed E-state index contributed by atoms with van der Waals surface area (Å²) in [4.78, 5) is 187. The first-order chi connectivity index (χ1) is 44.5. The van der Waals surface area contributed by atoms with E-state index in [0.29, 0.717) is 43.5 Å². The number of nitrogens with one attached hydrogen (secondary N) is 4. The molecule has 25 heteroatoms. The molecule has 95 heavy (non-hydrogen) atoms. The Morgan fingerprint density at radius 3 is 1.49 bits per heavy atom. The van der Waals surface area contributed by atoms with Gasteiger partial charge in [-0.05, 0) is 94.1 Å². The Hall–Kier alpha value is -7.96. The Labute approximate surface area is 563 Å². The van der Waals surface area contributed by atoms with Crippen LogP contribution in [0.2, 0.25) is 0 Å². The van der Waals surface area contributed by atoms with E-state index in [1.165, 1.54) is 89.7 Å². The summed E-state index contributed by atoms with van der Waals surface area (Å²) in [7, 11) is 9.74. The SMILES string of the molecule is CC[C@H](C)[C@H]1C(=O)N[C@@H]([C@@H](C)O)C(=O)N(C)CC(=O)N(C)[C@@H](CC(C)C)C(=O)N[C@H](C(=O)N2CCCCC2)CC(=O)N(C)[C@@H](C)C(=O)N[C@@H](CC(C)C)C(=O)N(C)[C@@H](CC(C)C)C(=O)N(C)[C@@H](Cc2ccccc2)C(=O)N[C@@H](C)C(=O)N(C)[C@@H](Cc2ccccc2)C(=O)N1C. The molecule has 0 saturated carbocycles. The van der Waals surface area contributed by atoms with Gasteiger partial charge in [-0.25, -0.2) is 0 Å². The maximum atomic E-state index is 15.3. The largest absolute Gasteiger partial charge is 0.391 e. The maximum absolute atomic E-state index is 15.3. The van der Waals surface area contributed by atoms with E-state index in [1.807, 2.05) is 41.5 Å². The molecule has 2 fully saturated rings. The predicted molar refractivity (Wildman–Crippen MR) is 361 cm³/mol. The van der Waals surface area contributed by atoms with Gasteiger partial charge in [-0.3, -0.25) is 57.5 Å². The van der Waals surface area contributed by atoms with Crippen LogP contribution in [0, 0.1) is 23.7 Å². The zero-order valence-electron chi connectivity index (χ0n) is 59.6. The number of aliphatic hydroxyl groups excluding tert-OH is 1. The predicted octanol–water partition coefficient (Wildman–Crippen LogP) is 2.85. The van der Waals surface area contributed by atoms with Gasteiger partial charge in [-0.2, -0.15) is 0 Å². The fourth-order valence-electron chi connectivity index (χ4n) is 12.2. The van der Waals surface area contributed by atoms with Crippen molar-refractivity contribution < 1.29 is 62.6 Å². The van der Waals surface area contributed by atoms with Gasteiger partial charge < -0.3 is 65.6 Å². The van der Waals surface area contributed by atoms with Crippen molar-refractivity contribution in [3.05, 3.63) is 71.8 Å². The Balaban J connectivity index is 1.93.